The van der Waals surface area contributed by atoms with Crippen molar-refractivity contribution in [2.45, 2.75) is 50.0 Å². The topological polar surface area (TPSA) is 90.3 Å². The summed E-state index contributed by atoms with van der Waals surface area (Å²) in [5, 5.41) is 2.93. The van der Waals surface area contributed by atoms with Crippen LogP contribution in [-0.2, 0) is 31.9 Å². The van der Waals surface area contributed by atoms with Crippen molar-refractivity contribution in [2.24, 2.45) is 0 Å². The van der Waals surface area contributed by atoms with Crippen LogP contribution in [0.4, 0.5) is 5.69 Å². The van der Waals surface area contributed by atoms with Gasteiger partial charge in [-0.05, 0) is 54.4 Å². The van der Waals surface area contributed by atoms with E-state index in [1.807, 2.05) is 66.2 Å². The van der Waals surface area contributed by atoms with Crippen LogP contribution in [0.2, 0.25) is 25.7 Å². The second kappa shape index (κ2) is 13.2. The minimum atomic E-state index is -3.54. The van der Waals surface area contributed by atoms with E-state index >= 15 is 0 Å². The predicted molar refractivity (Wildman–Crippen MR) is 168 cm³/mol. The van der Waals surface area contributed by atoms with Crippen molar-refractivity contribution in [1.29, 1.82) is 0 Å². The highest BCUT2D eigenvalue weighted by Gasteiger charge is 2.17. The molecule has 1 heterocycles. The summed E-state index contributed by atoms with van der Waals surface area (Å²) in [6, 6.07) is 22.6. The quantitative estimate of drug-likeness (QED) is 0.112. The lowest BCUT2D eigenvalue weighted by atomic mass is 10.1. The minimum Gasteiger partial charge on any atom is -0.361 e. The number of hydrogen-bond acceptors (Lipinski definition) is 5. The Balaban J connectivity index is 1.44. The molecule has 0 radical (unpaired) electrons. The van der Waals surface area contributed by atoms with Crippen molar-refractivity contribution in [2.75, 3.05) is 11.9 Å². The number of para-hydroxylation sites is 1. The third kappa shape index (κ3) is 8.85. The summed E-state index contributed by atoms with van der Waals surface area (Å²) in [5.74, 6) is 0.275. The number of sulfone groups is 1. The molecule has 0 spiro atoms. The van der Waals surface area contributed by atoms with Crippen LogP contribution in [0.15, 0.2) is 96.2 Å². The van der Waals surface area contributed by atoms with E-state index < -0.39 is 17.9 Å². The molecule has 0 aliphatic rings. The lowest BCUT2D eigenvalue weighted by molar-refractivity contribution is -0.111. The molecule has 0 aliphatic carbocycles. The number of amides is 1. The number of anilines is 1. The summed E-state index contributed by atoms with van der Waals surface area (Å²) >= 11 is 0. The number of carbonyl (C=O) groups excluding carboxylic acids is 1. The second-order valence-corrected chi connectivity index (χ2v) is 18.9. The van der Waals surface area contributed by atoms with Gasteiger partial charge in [-0.25, -0.2) is 13.4 Å². The zero-order valence-corrected chi connectivity index (χ0v) is 25.8. The van der Waals surface area contributed by atoms with Gasteiger partial charge in [0.2, 0.25) is 5.91 Å². The van der Waals surface area contributed by atoms with E-state index in [1.54, 1.807) is 36.5 Å². The van der Waals surface area contributed by atoms with Gasteiger partial charge in [0.1, 0.15) is 12.6 Å². The van der Waals surface area contributed by atoms with E-state index in [4.69, 9.17) is 4.74 Å². The number of aromatic nitrogens is 2. The maximum atomic E-state index is 13.0. The molecular formula is C32H37N3O4SSi. The van der Waals surface area contributed by atoms with Gasteiger partial charge in [0.15, 0.2) is 9.84 Å². The molecule has 0 unspecified atom stereocenters. The Morgan fingerprint density at radius 1 is 1.02 bits per heavy atom. The first-order valence-corrected chi connectivity index (χ1v) is 18.9. The van der Waals surface area contributed by atoms with E-state index in [0.29, 0.717) is 30.4 Å². The Hall–Kier alpha value is -3.79. The Kier molecular flexibility index (Phi) is 9.75. The number of imidazole rings is 1. The number of carbonyl (C=O) groups is 1. The maximum absolute atomic E-state index is 13.0. The second-order valence-electron chi connectivity index (χ2n) is 11.3. The van der Waals surface area contributed by atoms with E-state index in [9.17, 15) is 13.2 Å². The van der Waals surface area contributed by atoms with Crippen molar-refractivity contribution in [3.8, 4) is 11.4 Å². The molecule has 0 aliphatic heterocycles. The van der Waals surface area contributed by atoms with E-state index in [-0.39, 0.29) is 16.6 Å². The van der Waals surface area contributed by atoms with Gasteiger partial charge < -0.3 is 14.6 Å². The normalized spacial score (nSPS) is 12.1. The van der Waals surface area contributed by atoms with Crippen LogP contribution in [0.25, 0.3) is 17.5 Å². The zero-order chi connectivity index (χ0) is 29.5. The van der Waals surface area contributed by atoms with E-state index in [0.717, 1.165) is 22.7 Å². The number of nitrogens with one attached hydrogen (secondary N) is 1. The third-order valence-electron chi connectivity index (χ3n) is 6.45. The SMILES string of the molecule is Cc1cccc(CS(=O)(=O)c2cccc(/C=C/C(=O)Nc3ccccc3-c3nccn3COCC[Si](C)(C)C)c2)c1. The molecule has 1 aromatic heterocycles. The minimum absolute atomic E-state index is 0.0851. The van der Waals surface area contributed by atoms with Crippen molar-refractivity contribution in [3.05, 3.63) is 108 Å². The van der Waals surface area contributed by atoms with Crippen LogP contribution >= 0.6 is 0 Å². The first-order chi connectivity index (χ1) is 19.5. The van der Waals surface area contributed by atoms with Crippen LogP contribution in [0, 0.1) is 6.92 Å². The van der Waals surface area contributed by atoms with Crippen molar-refractivity contribution in [3.63, 3.8) is 0 Å². The fraction of sp³-hybridized carbons (Fsp3) is 0.250. The highest BCUT2D eigenvalue weighted by Crippen LogP contribution is 2.27. The van der Waals surface area contributed by atoms with Crippen molar-refractivity contribution >= 4 is 35.6 Å². The van der Waals surface area contributed by atoms with E-state index in [1.165, 1.54) is 6.08 Å². The van der Waals surface area contributed by atoms with E-state index in [2.05, 4.69) is 29.9 Å². The van der Waals surface area contributed by atoms with Crippen LogP contribution in [-0.4, -0.2) is 38.6 Å². The summed E-state index contributed by atoms with van der Waals surface area (Å²) in [5.41, 5.74) is 3.76. The average Bonchev–Trinajstić information content (AvgIpc) is 3.38. The number of aryl methyl sites for hydroxylation is 1. The van der Waals surface area contributed by atoms with Crippen molar-refractivity contribution in [1.82, 2.24) is 9.55 Å². The highest BCUT2D eigenvalue weighted by atomic mass is 32.2. The fourth-order valence-corrected chi connectivity index (χ4v) is 6.39. The number of rotatable bonds is 12. The molecule has 0 bridgehead atoms. The smallest absolute Gasteiger partial charge is 0.248 e. The summed E-state index contributed by atoms with van der Waals surface area (Å²) in [6.07, 6.45) is 6.59. The molecule has 4 rings (SSSR count). The Morgan fingerprint density at radius 3 is 2.59 bits per heavy atom. The largest absolute Gasteiger partial charge is 0.361 e. The standard InChI is InChI=1S/C32H37N3O4SSi/c1-25-9-7-11-27(21-25)23-40(37,38)28-12-8-10-26(22-28)15-16-31(36)34-30-14-6-5-13-29(30)32-33-17-18-35(32)24-39-19-20-41(2,3)4/h5-18,21-22H,19-20,23-24H2,1-4H3,(H,34,36)/b16-15+. The van der Waals surface area contributed by atoms with Crippen LogP contribution in [0.5, 0.6) is 0 Å². The number of hydrogen-bond donors (Lipinski definition) is 1. The van der Waals surface area contributed by atoms with Crippen molar-refractivity contribution < 1.29 is 17.9 Å². The summed E-state index contributed by atoms with van der Waals surface area (Å²) < 4.78 is 33.9. The molecule has 0 saturated heterocycles. The van der Waals surface area contributed by atoms with Gasteiger partial charge in [0.25, 0.3) is 0 Å². The first-order valence-electron chi connectivity index (χ1n) is 13.6. The Labute approximate surface area is 243 Å². The molecule has 3 aromatic carbocycles. The molecule has 41 heavy (non-hydrogen) atoms. The van der Waals surface area contributed by atoms with Crippen LogP contribution in [0.1, 0.15) is 16.7 Å². The lowest BCUT2D eigenvalue weighted by Gasteiger charge is -2.16. The molecule has 7 nitrogen and oxygen atoms in total. The lowest BCUT2D eigenvalue weighted by Crippen LogP contribution is -2.22. The van der Waals surface area contributed by atoms with Gasteiger partial charge in [-0.15, -0.1) is 0 Å². The van der Waals surface area contributed by atoms with Gasteiger partial charge in [0, 0.05) is 38.7 Å². The molecule has 1 amide bonds. The van der Waals surface area contributed by atoms with Crippen LogP contribution in [0.3, 0.4) is 0 Å². The average molecular weight is 588 g/mol. The highest BCUT2D eigenvalue weighted by molar-refractivity contribution is 7.90. The monoisotopic (exact) mass is 587 g/mol. The molecule has 0 atom stereocenters. The zero-order valence-electron chi connectivity index (χ0n) is 24.0. The Morgan fingerprint density at radius 2 is 1.80 bits per heavy atom. The molecule has 214 valence electrons. The molecular weight excluding hydrogens is 551 g/mol. The van der Waals surface area contributed by atoms with Gasteiger partial charge >= 0.3 is 0 Å². The summed E-state index contributed by atoms with van der Waals surface area (Å²) in [6.45, 7) is 9.97. The number of nitrogens with zero attached hydrogens (tertiary/aromatic N) is 2. The molecule has 1 N–H and O–H groups in total. The molecule has 0 saturated carbocycles. The van der Waals surface area contributed by atoms with Gasteiger partial charge in [-0.3, -0.25) is 4.79 Å². The molecule has 9 heteroatoms. The summed E-state index contributed by atoms with van der Waals surface area (Å²) in [7, 11) is -4.72. The van der Waals surface area contributed by atoms with Gasteiger partial charge in [-0.2, -0.15) is 0 Å². The Bertz CT molecular complexity index is 1640. The van der Waals surface area contributed by atoms with Gasteiger partial charge in [-0.1, -0.05) is 73.7 Å². The predicted octanol–water partition coefficient (Wildman–Crippen LogP) is 6.80. The van der Waals surface area contributed by atoms with Crippen LogP contribution < -0.4 is 5.32 Å². The molecule has 4 aromatic rings. The van der Waals surface area contributed by atoms with Gasteiger partial charge in [0.05, 0.1) is 16.3 Å². The molecule has 0 fully saturated rings. The number of ether oxygens (including phenoxy) is 1. The third-order valence-corrected chi connectivity index (χ3v) is 9.84. The first kappa shape index (κ1) is 30.2. The number of benzene rings is 3. The fourth-order valence-electron chi connectivity index (χ4n) is 4.25. The maximum Gasteiger partial charge on any atom is 0.248 e. The summed E-state index contributed by atoms with van der Waals surface area (Å²) in [4.78, 5) is 17.6.